The number of ether oxygens (including phenoxy) is 1. The van der Waals surface area contributed by atoms with Crippen LogP contribution in [0.25, 0.3) is 0 Å². The number of halogens is 2. The second-order valence-electron chi connectivity index (χ2n) is 8.71. The highest BCUT2D eigenvalue weighted by molar-refractivity contribution is 5.16. The third kappa shape index (κ3) is 2.96. The zero-order valence-electron chi connectivity index (χ0n) is 15.1. The number of pyridine rings is 1. The van der Waals surface area contributed by atoms with Gasteiger partial charge in [0.05, 0.1) is 11.7 Å². The normalized spacial score (nSPS) is 39.4. The Kier molecular flexibility index (Phi) is 4.07. The first kappa shape index (κ1) is 17.0. The summed E-state index contributed by atoms with van der Waals surface area (Å²) in [5, 5.41) is 0. The van der Waals surface area contributed by atoms with Crippen LogP contribution in [0.4, 0.5) is 8.78 Å². The summed E-state index contributed by atoms with van der Waals surface area (Å²) in [5.74, 6) is -1.42. The molecule has 0 radical (unpaired) electrons. The maximum Gasteiger partial charge on any atom is 0.250 e. The lowest BCUT2D eigenvalue weighted by molar-refractivity contribution is -0.0598. The van der Waals surface area contributed by atoms with Crippen molar-refractivity contribution in [2.24, 2.45) is 11.8 Å². The highest BCUT2D eigenvalue weighted by atomic mass is 19.3. The molecule has 4 aliphatic heterocycles. The first-order valence-corrected chi connectivity index (χ1v) is 9.92. The molecule has 0 N–H and O–H groups in total. The molecule has 0 unspecified atom stereocenters. The first-order chi connectivity index (χ1) is 12.5. The van der Waals surface area contributed by atoms with E-state index in [0.717, 1.165) is 39.0 Å². The monoisotopic (exact) mass is 363 g/mol. The SMILES string of the molecule is FC1(F)CCN(C[C@H]2[C@H]3CN(Cc4ccncc4)C[C@]34CC[C@H]2O4)CC1. The van der Waals surface area contributed by atoms with Gasteiger partial charge in [-0.15, -0.1) is 0 Å². The molecule has 0 saturated carbocycles. The number of nitrogens with zero attached hydrogens (tertiary/aromatic N) is 3. The number of alkyl halides is 2. The van der Waals surface area contributed by atoms with Crippen LogP contribution >= 0.6 is 0 Å². The van der Waals surface area contributed by atoms with Crippen molar-refractivity contribution in [3.63, 3.8) is 0 Å². The van der Waals surface area contributed by atoms with Crippen LogP contribution in [0.1, 0.15) is 31.2 Å². The molecule has 1 spiro atoms. The molecule has 0 amide bonds. The molecule has 5 heterocycles. The Hall–Kier alpha value is -1.11. The van der Waals surface area contributed by atoms with Gasteiger partial charge in [0.15, 0.2) is 0 Å². The van der Waals surface area contributed by atoms with E-state index in [1.54, 1.807) is 0 Å². The van der Waals surface area contributed by atoms with E-state index in [1.165, 1.54) is 5.56 Å². The standard InChI is InChI=1S/C20H27F2N3O/c21-20(22)5-9-24(10-6-20)12-16-17-13-25(11-15-2-7-23-8-3-15)14-19(17)4-1-18(16)26-19/h2-3,7-8,16-18H,1,4-6,9-14H2/t16-,17+,18+,19+/m0/s1. The van der Waals surface area contributed by atoms with Gasteiger partial charge in [0.25, 0.3) is 5.92 Å². The summed E-state index contributed by atoms with van der Waals surface area (Å²) >= 11 is 0. The van der Waals surface area contributed by atoms with E-state index in [2.05, 4.69) is 26.9 Å². The molecule has 0 aromatic carbocycles. The molecule has 26 heavy (non-hydrogen) atoms. The van der Waals surface area contributed by atoms with Crippen molar-refractivity contribution >= 4 is 0 Å². The van der Waals surface area contributed by atoms with Crippen LogP contribution in [0.3, 0.4) is 0 Å². The highest BCUT2D eigenvalue weighted by Crippen LogP contribution is 2.55. The molecule has 0 aliphatic carbocycles. The molecule has 142 valence electrons. The van der Waals surface area contributed by atoms with Crippen molar-refractivity contribution in [2.75, 3.05) is 32.7 Å². The van der Waals surface area contributed by atoms with Crippen molar-refractivity contribution in [3.8, 4) is 0 Å². The maximum absolute atomic E-state index is 13.5. The summed E-state index contributed by atoms with van der Waals surface area (Å²) in [5.41, 5.74) is 1.31. The van der Waals surface area contributed by atoms with Gasteiger partial charge in [0, 0.05) is 76.3 Å². The van der Waals surface area contributed by atoms with Gasteiger partial charge >= 0.3 is 0 Å². The molecule has 4 fully saturated rings. The molecule has 1 aromatic rings. The van der Waals surface area contributed by atoms with Gasteiger partial charge in [0.2, 0.25) is 0 Å². The summed E-state index contributed by atoms with van der Waals surface area (Å²) in [6.45, 7) is 4.99. The van der Waals surface area contributed by atoms with Gasteiger partial charge in [0.1, 0.15) is 0 Å². The van der Waals surface area contributed by atoms with Crippen LogP contribution in [-0.2, 0) is 11.3 Å². The molecular formula is C20H27F2N3O. The number of likely N-dealkylation sites (tertiary alicyclic amines) is 2. The molecule has 2 bridgehead atoms. The van der Waals surface area contributed by atoms with Crippen LogP contribution in [0.2, 0.25) is 0 Å². The van der Waals surface area contributed by atoms with Crippen molar-refractivity contribution in [3.05, 3.63) is 30.1 Å². The average Bonchev–Trinajstić information content (AvgIpc) is 3.27. The van der Waals surface area contributed by atoms with E-state index in [0.29, 0.717) is 31.0 Å². The van der Waals surface area contributed by atoms with E-state index >= 15 is 0 Å². The largest absolute Gasteiger partial charge is 0.370 e. The minimum absolute atomic E-state index is 0.00915. The van der Waals surface area contributed by atoms with Gasteiger partial charge in [-0.2, -0.15) is 0 Å². The van der Waals surface area contributed by atoms with Gasteiger partial charge in [-0.3, -0.25) is 9.88 Å². The van der Waals surface area contributed by atoms with Crippen molar-refractivity contribution < 1.29 is 13.5 Å². The summed E-state index contributed by atoms with van der Waals surface area (Å²) < 4.78 is 33.4. The Morgan fingerprint density at radius 3 is 2.65 bits per heavy atom. The predicted molar refractivity (Wildman–Crippen MR) is 94.0 cm³/mol. The number of piperidine rings is 1. The van der Waals surface area contributed by atoms with Gasteiger partial charge in [-0.05, 0) is 30.5 Å². The lowest BCUT2D eigenvalue weighted by Crippen LogP contribution is -2.46. The van der Waals surface area contributed by atoms with Gasteiger partial charge in [-0.25, -0.2) is 8.78 Å². The minimum atomic E-state index is -2.46. The Bertz CT molecular complexity index is 648. The molecule has 6 heteroatoms. The van der Waals surface area contributed by atoms with Crippen LogP contribution in [0.15, 0.2) is 24.5 Å². The quantitative estimate of drug-likeness (QED) is 0.823. The fourth-order valence-electron chi connectivity index (χ4n) is 5.76. The van der Waals surface area contributed by atoms with Crippen LogP contribution in [0.5, 0.6) is 0 Å². The maximum atomic E-state index is 13.5. The highest BCUT2D eigenvalue weighted by Gasteiger charge is 2.62. The Balaban J connectivity index is 1.25. The van der Waals surface area contributed by atoms with Gasteiger partial charge < -0.3 is 9.64 Å². The fourth-order valence-corrected chi connectivity index (χ4v) is 5.76. The third-order valence-electron chi connectivity index (χ3n) is 7.07. The van der Waals surface area contributed by atoms with Crippen LogP contribution < -0.4 is 0 Å². The van der Waals surface area contributed by atoms with Crippen molar-refractivity contribution in [2.45, 2.75) is 49.9 Å². The molecule has 4 atom stereocenters. The first-order valence-electron chi connectivity index (χ1n) is 9.92. The average molecular weight is 363 g/mol. The zero-order valence-corrected chi connectivity index (χ0v) is 15.1. The zero-order chi connectivity index (χ0) is 17.8. The predicted octanol–water partition coefficient (Wildman–Crippen LogP) is 2.79. The molecule has 4 saturated heterocycles. The lowest BCUT2D eigenvalue weighted by Gasteiger charge is -2.37. The van der Waals surface area contributed by atoms with Crippen LogP contribution in [-0.4, -0.2) is 65.1 Å². The summed E-state index contributed by atoms with van der Waals surface area (Å²) in [6.07, 6.45) is 6.34. The third-order valence-corrected chi connectivity index (χ3v) is 7.07. The molecular weight excluding hydrogens is 336 g/mol. The second-order valence-corrected chi connectivity index (χ2v) is 8.71. The van der Waals surface area contributed by atoms with Crippen LogP contribution in [0, 0.1) is 11.8 Å². The Labute approximate surface area is 153 Å². The Morgan fingerprint density at radius 2 is 1.88 bits per heavy atom. The minimum Gasteiger partial charge on any atom is -0.370 e. The van der Waals surface area contributed by atoms with E-state index in [9.17, 15) is 8.78 Å². The number of hydrogen-bond acceptors (Lipinski definition) is 4. The van der Waals surface area contributed by atoms with Gasteiger partial charge in [-0.1, -0.05) is 0 Å². The summed E-state index contributed by atoms with van der Waals surface area (Å²) in [4.78, 5) is 8.87. The number of aromatic nitrogens is 1. The van der Waals surface area contributed by atoms with E-state index < -0.39 is 5.92 Å². The topological polar surface area (TPSA) is 28.6 Å². The van der Waals surface area contributed by atoms with Crippen molar-refractivity contribution in [1.82, 2.24) is 14.8 Å². The number of fused-ring (bicyclic) bond motifs is 1. The number of rotatable bonds is 4. The van der Waals surface area contributed by atoms with E-state index in [4.69, 9.17) is 4.74 Å². The second kappa shape index (κ2) is 6.21. The molecule has 4 nitrogen and oxygen atoms in total. The van der Waals surface area contributed by atoms with E-state index in [1.807, 2.05) is 12.4 Å². The molecule has 1 aromatic heterocycles. The summed E-state index contributed by atoms with van der Waals surface area (Å²) in [6, 6.07) is 4.16. The Morgan fingerprint density at radius 1 is 1.12 bits per heavy atom. The smallest absolute Gasteiger partial charge is 0.250 e. The number of hydrogen-bond donors (Lipinski definition) is 0. The molecule has 4 aliphatic rings. The lowest BCUT2D eigenvalue weighted by atomic mass is 9.73. The van der Waals surface area contributed by atoms with Crippen molar-refractivity contribution in [1.29, 1.82) is 0 Å². The fraction of sp³-hybridized carbons (Fsp3) is 0.750. The van der Waals surface area contributed by atoms with E-state index in [-0.39, 0.29) is 18.4 Å². The molecule has 5 rings (SSSR count). The summed E-state index contributed by atoms with van der Waals surface area (Å²) in [7, 11) is 0.